The molecule has 0 saturated heterocycles. The Kier molecular flexibility index (Phi) is 5.49. The van der Waals surface area contributed by atoms with Gasteiger partial charge in [-0.15, -0.1) is 5.10 Å². The molecule has 6 aromatic rings. The molecular weight excluding hydrogens is 478 g/mol. The molecule has 4 aromatic heterocycles. The predicted octanol–water partition coefficient (Wildman–Crippen LogP) is 5.57. The Morgan fingerprint density at radius 1 is 1.03 bits per heavy atom. The Morgan fingerprint density at radius 3 is 2.75 bits per heavy atom. The molecule has 0 spiro atoms. The summed E-state index contributed by atoms with van der Waals surface area (Å²) in [4.78, 5) is 14.4. The zero-order valence-electron chi connectivity index (χ0n) is 19.8. The minimum absolute atomic E-state index is 0.258. The van der Waals surface area contributed by atoms with E-state index in [4.69, 9.17) is 18.6 Å². The van der Waals surface area contributed by atoms with Gasteiger partial charge in [-0.25, -0.2) is 19.5 Å². The minimum atomic E-state index is 0.258. The second-order valence-electron chi connectivity index (χ2n) is 8.10. The fraction of sp³-hybridized carbons (Fsp3) is 0.154. The van der Waals surface area contributed by atoms with Crippen molar-refractivity contribution >= 4 is 27.3 Å². The topological polar surface area (TPSA) is 96.8 Å². The summed E-state index contributed by atoms with van der Waals surface area (Å²) in [7, 11) is 3.19. The molecule has 0 unspecified atom stereocenters. The van der Waals surface area contributed by atoms with Gasteiger partial charge < -0.3 is 18.6 Å². The summed E-state index contributed by atoms with van der Waals surface area (Å²) in [5.74, 6) is 2.50. The lowest BCUT2D eigenvalue weighted by molar-refractivity contribution is 0.302. The second-order valence-corrected chi connectivity index (χ2v) is 9.02. The van der Waals surface area contributed by atoms with E-state index in [9.17, 15) is 0 Å². The Morgan fingerprint density at radius 2 is 1.94 bits per heavy atom. The summed E-state index contributed by atoms with van der Waals surface area (Å²) in [6, 6.07) is 15.5. The first-order valence-electron chi connectivity index (χ1n) is 11.1. The number of furan rings is 1. The molecule has 9 nitrogen and oxygen atoms in total. The lowest BCUT2D eigenvalue weighted by atomic mass is 10.1. The number of hydrogen-bond donors (Lipinski definition) is 0. The van der Waals surface area contributed by atoms with Crippen LogP contribution in [0.2, 0.25) is 0 Å². The lowest BCUT2D eigenvalue weighted by Gasteiger charge is -2.09. The molecule has 0 atom stereocenters. The van der Waals surface area contributed by atoms with Gasteiger partial charge in [0.25, 0.3) is 5.19 Å². The molecule has 0 N–H and O–H groups in total. The summed E-state index contributed by atoms with van der Waals surface area (Å²) in [6.45, 7) is 2.30. The van der Waals surface area contributed by atoms with E-state index in [2.05, 4.69) is 26.1 Å². The monoisotopic (exact) mass is 499 g/mol. The fourth-order valence-corrected chi connectivity index (χ4v) is 4.58. The smallest absolute Gasteiger partial charge is 0.294 e. The van der Waals surface area contributed by atoms with E-state index in [0.29, 0.717) is 44.5 Å². The highest BCUT2D eigenvalue weighted by Crippen LogP contribution is 2.37. The average Bonchev–Trinajstić information content (AvgIpc) is 3.60. The number of imidazole rings is 1. The molecule has 0 amide bonds. The van der Waals surface area contributed by atoms with E-state index in [0.717, 1.165) is 22.2 Å². The number of rotatable bonds is 7. The van der Waals surface area contributed by atoms with Crippen LogP contribution in [0.4, 0.5) is 0 Å². The fourth-order valence-electron chi connectivity index (χ4n) is 3.88. The van der Waals surface area contributed by atoms with Gasteiger partial charge in [-0.05, 0) is 36.5 Å². The number of methoxy groups -OCH3 is 2. The molecule has 2 aromatic carbocycles. The minimum Gasteiger partial charge on any atom is -0.496 e. The van der Waals surface area contributed by atoms with E-state index in [1.807, 2.05) is 49.4 Å². The van der Waals surface area contributed by atoms with E-state index in [-0.39, 0.29) is 6.61 Å². The van der Waals surface area contributed by atoms with Crippen molar-refractivity contribution in [1.29, 1.82) is 0 Å². The van der Waals surface area contributed by atoms with E-state index >= 15 is 0 Å². The van der Waals surface area contributed by atoms with Crippen LogP contribution in [-0.4, -0.2) is 38.8 Å². The third-order valence-electron chi connectivity index (χ3n) is 5.63. The Labute approximate surface area is 209 Å². The molecule has 0 aliphatic heterocycles. The molecule has 180 valence electrons. The molecule has 6 rings (SSSR count). The van der Waals surface area contributed by atoms with Crippen LogP contribution in [0, 0.1) is 6.92 Å². The highest BCUT2D eigenvalue weighted by atomic mass is 32.1. The molecule has 4 heterocycles. The summed E-state index contributed by atoms with van der Waals surface area (Å²) in [5, 5.41) is 5.68. The first-order chi connectivity index (χ1) is 17.6. The zero-order chi connectivity index (χ0) is 24.6. The Balaban J connectivity index is 1.31. The van der Waals surface area contributed by atoms with Gasteiger partial charge in [-0.3, -0.25) is 0 Å². The van der Waals surface area contributed by atoms with E-state index < -0.39 is 0 Å². The Hall–Kier alpha value is -4.44. The van der Waals surface area contributed by atoms with Crippen LogP contribution in [-0.2, 0) is 6.61 Å². The third kappa shape index (κ3) is 4.11. The summed E-state index contributed by atoms with van der Waals surface area (Å²) < 4.78 is 24.6. The lowest BCUT2D eigenvalue weighted by Crippen LogP contribution is -2.01. The molecule has 0 aliphatic carbocycles. The van der Waals surface area contributed by atoms with Gasteiger partial charge in [0.2, 0.25) is 4.96 Å². The SMILES string of the molecule is COc1cc(OCc2ccnc(-c3cccc(C)c3)n2)c2cc(-c3cn4nc(OC)sc4n3)oc2c1. The molecule has 36 heavy (non-hydrogen) atoms. The van der Waals surface area contributed by atoms with Crippen LogP contribution < -0.4 is 14.2 Å². The molecule has 0 saturated carbocycles. The van der Waals surface area contributed by atoms with Crippen molar-refractivity contribution < 1.29 is 18.6 Å². The Bertz CT molecular complexity index is 1670. The van der Waals surface area contributed by atoms with Crippen molar-refractivity contribution in [2.75, 3.05) is 14.2 Å². The normalized spacial score (nSPS) is 11.3. The van der Waals surface area contributed by atoms with Gasteiger partial charge in [-0.1, -0.05) is 23.8 Å². The molecule has 0 fully saturated rings. The second kappa shape index (κ2) is 8.97. The third-order valence-corrected chi connectivity index (χ3v) is 6.51. The number of aromatic nitrogens is 5. The number of nitrogens with zero attached hydrogens (tertiary/aromatic N) is 5. The largest absolute Gasteiger partial charge is 0.496 e. The molecule has 10 heteroatoms. The van der Waals surface area contributed by atoms with Crippen LogP contribution >= 0.6 is 11.3 Å². The van der Waals surface area contributed by atoms with Crippen LogP contribution in [0.5, 0.6) is 16.7 Å². The number of benzene rings is 2. The molecule has 0 aliphatic rings. The molecule has 0 radical (unpaired) electrons. The van der Waals surface area contributed by atoms with Crippen LogP contribution in [0.15, 0.2) is 65.3 Å². The van der Waals surface area contributed by atoms with E-state index in [1.54, 1.807) is 31.1 Å². The first kappa shape index (κ1) is 22.1. The van der Waals surface area contributed by atoms with Crippen LogP contribution in [0.1, 0.15) is 11.3 Å². The van der Waals surface area contributed by atoms with Gasteiger partial charge in [0.15, 0.2) is 11.6 Å². The number of ether oxygens (including phenoxy) is 3. The number of fused-ring (bicyclic) bond motifs is 2. The number of hydrogen-bond acceptors (Lipinski definition) is 9. The molecular formula is C26H21N5O4S. The van der Waals surface area contributed by atoms with Crippen molar-refractivity contribution in [1.82, 2.24) is 24.6 Å². The summed E-state index contributed by atoms with van der Waals surface area (Å²) in [6.07, 6.45) is 3.55. The maximum atomic E-state index is 6.20. The van der Waals surface area contributed by atoms with Gasteiger partial charge in [0.1, 0.15) is 29.4 Å². The summed E-state index contributed by atoms with van der Waals surface area (Å²) >= 11 is 1.35. The van der Waals surface area contributed by atoms with Gasteiger partial charge in [0.05, 0.1) is 31.5 Å². The quantitative estimate of drug-likeness (QED) is 0.281. The van der Waals surface area contributed by atoms with Gasteiger partial charge in [0, 0.05) is 23.9 Å². The van der Waals surface area contributed by atoms with Gasteiger partial charge in [-0.2, -0.15) is 0 Å². The van der Waals surface area contributed by atoms with Crippen molar-refractivity contribution in [2.24, 2.45) is 0 Å². The zero-order valence-corrected chi connectivity index (χ0v) is 20.6. The van der Waals surface area contributed by atoms with Crippen LogP contribution in [0.3, 0.4) is 0 Å². The molecule has 0 bridgehead atoms. The van der Waals surface area contributed by atoms with Crippen molar-refractivity contribution in [2.45, 2.75) is 13.5 Å². The first-order valence-corrected chi connectivity index (χ1v) is 11.9. The standard InChI is InChI=1S/C26H21N5O4S/c1-15-5-4-6-16(9-15)24-27-8-7-17(28-24)14-34-21-10-18(32-2)11-22-19(21)12-23(35-22)20-13-31-25(29-20)36-26(30-31)33-3/h4-13H,14H2,1-3H3. The predicted molar refractivity (Wildman–Crippen MR) is 136 cm³/mol. The van der Waals surface area contributed by atoms with Gasteiger partial charge >= 0.3 is 0 Å². The maximum absolute atomic E-state index is 6.20. The number of aryl methyl sites for hydroxylation is 1. The maximum Gasteiger partial charge on any atom is 0.294 e. The van der Waals surface area contributed by atoms with Crippen LogP contribution in [0.25, 0.3) is 38.8 Å². The van der Waals surface area contributed by atoms with Crippen molar-refractivity contribution in [3.63, 3.8) is 0 Å². The summed E-state index contributed by atoms with van der Waals surface area (Å²) in [5.41, 5.74) is 4.17. The van der Waals surface area contributed by atoms with Crippen molar-refractivity contribution in [3.05, 3.63) is 72.2 Å². The average molecular weight is 500 g/mol. The van der Waals surface area contributed by atoms with Crippen molar-refractivity contribution in [3.8, 4) is 39.5 Å². The van der Waals surface area contributed by atoms with E-state index in [1.165, 1.54) is 11.3 Å². The highest BCUT2D eigenvalue weighted by molar-refractivity contribution is 7.18. The highest BCUT2D eigenvalue weighted by Gasteiger charge is 2.17.